The first-order valence-electron chi connectivity index (χ1n) is 5.48. The average Bonchev–Trinajstić information content (AvgIpc) is 2.90. The Morgan fingerprint density at radius 3 is 2.57 bits per heavy atom. The molecule has 0 aliphatic carbocycles. The van der Waals surface area contributed by atoms with Gasteiger partial charge in [-0.1, -0.05) is 11.2 Å². The molecule has 0 bridgehead atoms. The van der Waals surface area contributed by atoms with Gasteiger partial charge in [0.1, 0.15) is 0 Å². The molecule has 0 aliphatic rings. The number of alkyl halides is 3. The molecule has 0 saturated carbocycles. The number of hydroxylamine groups is 1. The highest BCUT2D eigenvalue weighted by Crippen LogP contribution is 2.30. The Morgan fingerprint density at radius 2 is 2.00 bits per heavy atom. The maximum atomic E-state index is 13.8. The van der Waals surface area contributed by atoms with Gasteiger partial charge in [-0.2, -0.15) is 23.6 Å². The molecule has 1 aromatic carbocycles. The Labute approximate surface area is 116 Å². The van der Waals surface area contributed by atoms with Crippen molar-refractivity contribution in [1.29, 1.82) is 0 Å². The van der Waals surface area contributed by atoms with Gasteiger partial charge in [0.15, 0.2) is 11.6 Å². The Morgan fingerprint density at radius 1 is 1.29 bits per heavy atom. The topological polar surface area (TPSA) is 60.2 Å². The Hall–Kier alpha value is -2.07. The van der Waals surface area contributed by atoms with Crippen molar-refractivity contribution in [3.8, 4) is 11.4 Å². The van der Waals surface area contributed by atoms with E-state index in [0.717, 1.165) is 6.07 Å². The molecule has 10 heteroatoms. The van der Waals surface area contributed by atoms with Crippen LogP contribution in [0, 0.1) is 11.6 Å². The highest BCUT2D eigenvalue weighted by Gasteiger charge is 2.38. The molecule has 1 aromatic heterocycles. The lowest BCUT2D eigenvalue weighted by Crippen LogP contribution is -2.13. The number of nitrogens with zero attached hydrogens (tertiary/aromatic N) is 2. The van der Waals surface area contributed by atoms with E-state index in [0.29, 0.717) is 0 Å². The first-order valence-corrected chi connectivity index (χ1v) is 5.48. The van der Waals surface area contributed by atoms with Gasteiger partial charge < -0.3 is 9.36 Å². The van der Waals surface area contributed by atoms with Crippen molar-refractivity contribution in [3.63, 3.8) is 0 Å². The number of benzene rings is 1. The Bertz CT molecular complexity index is 647. The van der Waals surface area contributed by atoms with Crippen LogP contribution in [0.2, 0.25) is 0 Å². The molecular formula is C11H10F5N3O2. The van der Waals surface area contributed by atoms with E-state index in [1.807, 2.05) is 0 Å². The second-order valence-electron chi connectivity index (χ2n) is 3.85. The maximum Gasteiger partial charge on any atom is 0.471 e. The zero-order valence-corrected chi connectivity index (χ0v) is 10.5. The van der Waals surface area contributed by atoms with Crippen LogP contribution in [0.1, 0.15) is 12.9 Å². The second-order valence-corrected chi connectivity index (χ2v) is 3.85. The van der Waals surface area contributed by atoms with E-state index >= 15 is 0 Å². The fourth-order valence-electron chi connectivity index (χ4n) is 1.50. The maximum absolute atomic E-state index is 13.8. The number of nitrogens with one attached hydrogen (secondary N) is 1. The van der Waals surface area contributed by atoms with Gasteiger partial charge in [0, 0.05) is 13.5 Å². The smallest absolute Gasteiger partial charge is 0.329 e. The first kappa shape index (κ1) is 15.3. The minimum absolute atomic E-state index is 0. The van der Waals surface area contributed by atoms with Crippen LogP contribution in [0.15, 0.2) is 16.7 Å². The zero-order chi connectivity index (χ0) is 15.6. The van der Waals surface area contributed by atoms with Gasteiger partial charge in [0.2, 0.25) is 5.82 Å². The summed E-state index contributed by atoms with van der Waals surface area (Å²) in [4.78, 5) is 7.49. The molecule has 2 aromatic rings. The molecule has 1 N–H and O–H groups in total. The minimum Gasteiger partial charge on any atom is -0.329 e. The third kappa shape index (κ3) is 3.16. The van der Waals surface area contributed by atoms with Crippen LogP contribution in [-0.2, 0) is 17.6 Å². The third-order valence-corrected chi connectivity index (χ3v) is 2.48. The fraction of sp³-hybridized carbons (Fsp3) is 0.273. The normalized spacial score (nSPS) is 11.9. The zero-order valence-electron chi connectivity index (χ0n) is 10.5. The SMILES string of the molecule is CONCc1ccc(-c2noc(C(F)(F)F)n2)c(F)c1F.[HH]. The standard InChI is InChI=1S/C11H8F5N3O2.H2/c1-20-17-4-5-2-3-6(8(13)7(5)12)9-18-10(21-19-9)11(14,15)16;/h2-3,17H,4H2,1H3;1H. The van der Waals surface area contributed by atoms with Gasteiger partial charge in [-0.05, 0) is 6.07 Å². The first-order chi connectivity index (χ1) is 9.84. The summed E-state index contributed by atoms with van der Waals surface area (Å²) in [5.41, 5.74) is 1.70. The van der Waals surface area contributed by atoms with Gasteiger partial charge in [-0.25, -0.2) is 8.78 Å². The van der Waals surface area contributed by atoms with Crippen molar-refractivity contribution in [2.75, 3.05) is 7.11 Å². The van der Waals surface area contributed by atoms with Gasteiger partial charge in [0.25, 0.3) is 0 Å². The molecule has 116 valence electrons. The molecule has 0 spiro atoms. The lowest BCUT2D eigenvalue weighted by atomic mass is 10.1. The number of rotatable bonds is 4. The monoisotopic (exact) mass is 311 g/mol. The summed E-state index contributed by atoms with van der Waals surface area (Å²) in [5.74, 6) is -4.94. The molecule has 5 nitrogen and oxygen atoms in total. The third-order valence-electron chi connectivity index (χ3n) is 2.48. The predicted molar refractivity (Wildman–Crippen MR) is 60.6 cm³/mol. The number of hydrogen-bond acceptors (Lipinski definition) is 5. The van der Waals surface area contributed by atoms with Crippen molar-refractivity contribution in [1.82, 2.24) is 15.6 Å². The van der Waals surface area contributed by atoms with E-state index in [1.165, 1.54) is 13.2 Å². The molecule has 0 radical (unpaired) electrons. The van der Waals surface area contributed by atoms with Crippen LogP contribution in [0.4, 0.5) is 22.0 Å². The van der Waals surface area contributed by atoms with Crippen molar-refractivity contribution in [3.05, 3.63) is 35.2 Å². The van der Waals surface area contributed by atoms with E-state index < -0.39 is 35.1 Å². The predicted octanol–water partition coefficient (Wildman–Crippen LogP) is 2.93. The molecule has 21 heavy (non-hydrogen) atoms. The molecule has 0 atom stereocenters. The summed E-state index contributed by atoms with van der Waals surface area (Å²) < 4.78 is 68.5. The van der Waals surface area contributed by atoms with E-state index in [1.54, 1.807) is 0 Å². The van der Waals surface area contributed by atoms with E-state index in [2.05, 4.69) is 25.0 Å². The summed E-state index contributed by atoms with van der Waals surface area (Å²) in [5, 5.41) is 2.99. The van der Waals surface area contributed by atoms with Crippen LogP contribution in [0.5, 0.6) is 0 Å². The average molecular weight is 311 g/mol. The highest BCUT2D eigenvalue weighted by molar-refractivity contribution is 5.56. The van der Waals surface area contributed by atoms with E-state index in [-0.39, 0.29) is 13.5 Å². The van der Waals surface area contributed by atoms with E-state index in [4.69, 9.17) is 0 Å². The summed E-state index contributed by atoms with van der Waals surface area (Å²) >= 11 is 0. The molecule has 0 aliphatic heterocycles. The molecule has 0 saturated heterocycles. The van der Waals surface area contributed by atoms with E-state index in [9.17, 15) is 22.0 Å². The van der Waals surface area contributed by atoms with Gasteiger partial charge in [-0.15, -0.1) is 0 Å². The highest BCUT2D eigenvalue weighted by atomic mass is 19.4. The molecule has 0 fully saturated rings. The number of halogens is 5. The van der Waals surface area contributed by atoms with Crippen molar-refractivity contribution >= 4 is 0 Å². The van der Waals surface area contributed by atoms with Crippen LogP contribution < -0.4 is 5.48 Å². The molecular weight excluding hydrogens is 301 g/mol. The molecule has 2 rings (SSSR count). The van der Waals surface area contributed by atoms with Crippen molar-refractivity contribution in [2.45, 2.75) is 12.7 Å². The number of hydrogen-bond donors (Lipinski definition) is 1. The van der Waals surface area contributed by atoms with Gasteiger partial charge >= 0.3 is 12.1 Å². The lowest BCUT2D eigenvalue weighted by molar-refractivity contribution is -0.159. The summed E-state index contributed by atoms with van der Waals surface area (Å²) in [7, 11) is 1.29. The van der Waals surface area contributed by atoms with Crippen LogP contribution in [-0.4, -0.2) is 17.3 Å². The summed E-state index contributed by atoms with van der Waals surface area (Å²) in [6, 6.07) is 2.22. The van der Waals surface area contributed by atoms with Crippen LogP contribution in [0.3, 0.4) is 0 Å². The molecule has 1 heterocycles. The summed E-state index contributed by atoms with van der Waals surface area (Å²) in [6.45, 7) is -0.125. The van der Waals surface area contributed by atoms with Crippen LogP contribution >= 0.6 is 0 Å². The second kappa shape index (κ2) is 5.74. The van der Waals surface area contributed by atoms with Gasteiger partial charge in [-0.3, -0.25) is 0 Å². The fourth-order valence-corrected chi connectivity index (χ4v) is 1.50. The van der Waals surface area contributed by atoms with Crippen molar-refractivity contribution < 1.29 is 32.7 Å². The largest absolute Gasteiger partial charge is 0.471 e. The quantitative estimate of drug-likeness (QED) is 0.695. The Balaban J connectivity index is 0.00000242. The Kier molecular flexibility index (Phi) is 4.19. The minimum atomic E-state index is -4.86. The number of aromatic nitrogens is 2. The lowest BCUT2D eigenvalue weighted by Gasteiger charge is -2.06. The van der Waals surface area contributed by atoms with Crippen molar-refractivity contribution in [2.24, 2.45) is 0 Å². The summed E-state index contributed by atoms with van der Waals surface area (Å²) in [6.07, 6.45) is -4.86. The van der Waals surface area contributed by atoms with Crippen LogP contribution in [0.25, 0.3) is 11.4 Å². The molecule has 0 amide bonds. The van der Waals surface area contributed by atoms with Gasteiger partial charge in [0.05, 0.1) is 12.7 Å². The molecule has 0 unspecified atom stereocenters.